The lowest BCUT2D eigenvalue weighted by molar-refractivity contribution is -0.383. The summed E-state index contributed by atoms with van der Waals surface area (Å²) in [5.74, 6) is -0.273. The molecule has 76 valence electrons. The molecular formula is C9H7N3O3. The molecule has 0 radical (unpaired) electrons. The minimum absolute atomic E-state index is 0.0417. The normalized spacial score (nSPS) is 10.5. The summed E-state index contributed by atoms with van der Waals surface area (Å²) in [7, 11) is 0. The fourth-order valence-corrected chi connectivity index (χ4v) is 1.45. The van der Waals surface area contributed by atoms with Gasteiger partial charge in [0.2, 0.25) is 5.91 Å². The number of benzene rings is 1. The fraction of sp³-hybridized carbons (Fsp3) is 0.111. The third-order valence-electron chi connectivity index (χ3n) is 2.09. The van der Waals surface area contributed by atoms with Gasteiger partial charge in [0, 0.05) is 13.0 Å². The van der Waals surface area contributed by atoms with Crippen LogP contribution in [0.5, 0.6) is 0 Å². The summed E-state index contributed by atoms with van der Waals surface area (Å²) in [6.07, 6.45) is 1.33. The van der Waals surface area contributed by atoms with Gasteiger partial charge in [-0.1, -0.05) is 6.07 Å². The zero-order valence-electron chi connectivity index (χ0n) is 7.88. The summed E-state index contributed by atoms with van der Waals surface area (Å²) in [6, 6.07) is 4.53. The van der Waals surface area contributed by atoms with Gasteiger partial charge in [-0.05, 0) is 6.07 Å². The van der Waals surface area contributed by atoms with Crippen LogP contribution in [0.1, 0.15) is 11.7 Å². The highest BCUT2D eigenvalue weighted by Gasteiger charge is 2.15. The molecule has 2 rings (SSSR count). The second-order valence-electron chi connectivity index (χ2n) is 3.04. The van der Waals surface area contributed by atoms with E-state index in [1.165, 1.54) is 25.3 Å². The van der Waals surface area contributed by atoms with E-state index >= 15 is 0 Å². The van der Waals surface area contributed by atoms with E-state index in [0.717, 1.165) is 4.68 Å². The number of carbonyl (C=O) groups is 1. The molecule has 0 aliphatic heterocycles. The van der Waals surface area contributed by atoms with Crippen LogP contribution in [-0.2, 0) is 0 Å². The van der Waals surface area contributed by atoms with E-state index in [0.29, 0.717) is 10.9 Å². The molecule has 0 saturated heterocycles. The lowest BCUT2D eigenvalue weighted by atomic mass is 10.2. The molecule has 6 nitrogen and oxygen atoms in total. The molecule has 0 fully saturated rings. The van der Waals surface area contributed by atoms with Crippen LogP contribution >= 0.6 is 0 Å². The van der Waals surface area contributed by atoms with E-state index in [2.05, 4.69) is 5.10 Å². The number of nitro groups is 1. The van der Waals surface area contributed by atoms with Crippen molar-refractivity contribution in [2.75, 3.05) is 0 Å². The summed E-state index contributed by atoms with van der Waals surface area (Å²) >= 11 is 0. The Morgan fingerprint density at radius 1 is 1.53 bits per heavy atom. The van der Waals surface area contributed by atoms with Crippen molar-refractivity contribution in [2.45, 2.75) is 6.92 Å². The maximum Gasteiger partial charge on any atom is 0.280 e. The highest BCUT2D eigenvalue weighted by atomic mass is 16.6. The van der Waals surface area contributed by atoms with Crippen LogP contribution in [0.3, 0.4) is 0 Å². The van der Waals surface area contributed by atoms with E-state index in [1.807, 2.05) is 0 Å². The maximum absolute atomic E-state index is 11.1. The maximum atomic E-state index is 11.1. The molecule has 0 aliphatic carbocycles. The fourth-order valence-electron chi connectivity index (χ4n) is 1.45. The van der Waals surface area contributed by atoms with E-state index < -0.39 is 4.92 Å². The van der Waals surface area contributed by atoms with Crippen LogP contribution in [-0.4, -0.2) is 20.6 Å². The Kier molecular flexibility index (Phi) is 1.96. The second-order valence-corrected chi connectivity index (χ2v) is 3.04. The Bertz CT molecular complexity index is 559. The number of carbonyl (C=O) groups excluding carboxylic acids is 1. The summed E-state index contributed by atoms with van der Waals surface area (Å²) in [6.45, 7) is 1.35. The summed E-state index contributed by atoms with van der Waals surface area (Å²) < 4.78 is 1.14. The Labute approximate surface area is 84.3 Å². The molecule has 1 aromatic heterocycles. The van der Waals surface area contributed by atoms with Gasteiger partial charge in [0.05, 0.1) is 22.0 Å². The minimum Gasteiger partial charge on any atom is -0.273 e. The summed E-state index contributed by atoms with van der Waals surface area (Å²) in [5.41, 5.74) is 0.414. The topological polar surface area (TPSA) is 78.0 Å². The van der Waals surface area contributed by atoms with Crippen molar-refractivity contribution < 1.29 is 9.72 Å². The van der Waals surface area contributed by atoms with Crippen molar-refractivity contribution >= 4 is 22.5 Å². The van der Waals surface area contributed by atoms with Gasteiger partial charge >= 0.3 is 0 Å². The first-order valence-corrected chi connectivity index (χ1v) is 4.23. The van der Waals surface area contributed by atoms with Crippen LogP contribution in [0.25, 0.3) is 10.9 Å². The van der Waals surface area contributed by atoms with Gasteiger partial charge < -0.3 is 0 Å². The number of fused-ring (bicyclic) bond motifs is 1. The van der Waals surface area contributed by atoms with Gasteiger partial charge in [-0.15, -0.1) is 0 Å². The lowest BCUT2D eigenvalue weighted by Crippen LogP contribution is -2.06. The molecule has 1 aromatic carbocycles. The SMILES string of the molecule is CC(=O)n1ncc2c([N+](=O)[O-])cccc21. The third-order valence-corrected chi connectivity index (χ3v) is 2.09. The largest absolute Gasteiger partial charge is 0.280 e. The highest BCUT2D eigenvalue weighted by Crippen LogP contribution is 2.24. The second kappa shape index (κ2) is 3.16. The standard InChI is InChI=1S/C9H7N3O3/c1-6(13)11-8-3-2-4-9(12(14)15)7(8)5-10-11/h2-5H,1H3. The van der Waals surface area contributed by atoms with E-state index in [4.69, 9.17) is 0 Å². The number of nitro benzene ring substituents is 1. The predicted molar refractivity (Wildman–Crippen MR) is 52.7 cm³/mol. The van der Waals surface area contributed by atoms with E-state index in [1.54, 1.807) is 6.07 Å². The average Bonchev–Trinajstić information content (AvgIpc) is 2.59. The van der Waals surface area contributed by atoms with Gasteiger partial charge in [-0.25, -0.2) is 4.68 Å². The first-order chi connectivity index (χ1) is 7.11. The van der Waals surface area contributed by atoms with Gasteiger partial charge in [0.15, 0.2) is 0 Å². The molecule has 0 bridgehead atoms. The Morgan fingerprint density at radius 2 is 2.27 bits per heavy atom. The molecule has 1 heterocycles. The number of rotatable bonds is 1. The first kappa shape index (κ1) is 9.32. The van der Waals surface area contributed by atoms with Crippen LogP contribution in [0.2, 0.25) is 0 Å². The molecule has 0 amide bonds. The molecule has 6 heteroatoms. The van der Waals surface area contributed by atoms with Crippen molar-refractivity contribution in [2.24, 2.45) is 0 Å². The molecule has 0 spiro atoms. The minimum atomic E-state index is -0.492. The van der Waals surface area contributed by atoms with Gasteiger partial charge in [-0.2, -0.15) is 5.10 Å². The highest BCUT2D eigenvalue weighted by molar-refractivity contribution is 5.94. The molecule has 2 aromatic rings. The Hall–Kier alpha value is -2.24. The van der Waals surface area contributed by atoms with Gasteiger partial charge in [0.1, 0.15) is 0 Å². The van der Waals surface area contributed by atoms with Crippen LogP contribution < -0.4 is 0 Å². The molecule has 0 unspecified atom stereocenters. The first-order valence-electron chi connectivity index (χ1n) is 4.23. The molecule has 15 heavy (non-hydrogen) atoms. The molecule has 0 saturated carbocycles. The number of non-ortho nitro benzene ring substituents is 1. The lowest BCUT2D eigenvalue weighted by Gasteiger charge is -1.96. The van der Waals surface area contributed by atoms with Gasteiger partial charge in [0.25, 0.3) is 5.69 Å². The summed E-state index contributed by atoms with van der Waals surface area (Å²) in [5, 5.41) is 14.9. The van der Waals surface area contributed by atoms with Crippen molar-refractivity contribution in [3.8, 4) is 0 Å². The average molecular weight is 205 g/mol. The Balaban J connectivity index is 2.80. The molecule has 0 aliphatic rings. The van der Waals surface area contributed by atoms with Gasteiger partial charge in [-0.3, -0.25) is 14.9 Å². The number of nitrogens with zero attached hydrogens (tertiary/aromatic N) is 3. The van der Waals surface area contributed by atoms with Crippen molar-refractivity contribution in [1.82, 2.24) is 9.78 Å². The number of hydrogen-bond acceptors (Lipinski definition) is 4. The monoisotopic (exact) mass is 205 g/mol. The van der Waals surface area contributed by atoms with Crippen LogP contribution in [0, 0.1) is 10.1 Å². The van der Waals surface area contributed by atoms with Crippen LogP contribution in [0.15, 0.2) is 24.4 Å². The van der Waals surface area contributed by atoms with Crippen molar-refractivity contribution in [3.63, 3.8) is 0 Å². The molecule has 0 atom stereocenters. The summed E-state index contributed by atoms with van der Waals surface area (Å²) in [4.78, 5) is 21.3. The van der Waals surface area contributed by atoms with Crippen LogP contribution in [0.4, 0.5) is 5.69 Å². The zero-order valence-corrected chi connectivity index (χ0v) is 7.88. The number of aromatic nitrogens is 2. The third kappa shape index (κ3) is 1.35. The van der Waals surface area contributed by atoms with E-state index in [-0.39, 0.29) is 11.6 Å². The number of hydrogen-bond donors (Lipinski definition) is 0. The zero-order chi connectivity index (χ0) is 11.0. The van der Waals surface area contributed by atoms with Crippen molar-refractivity contribution in [3.05, 3.63) is 34.5 Å². The Morgan fingerprint density at radius 3 is 2.87 bits per heavy atom. The van der Waals surface area contributed by atoms with E-state index in [9.17, 15) is 14.9 Å². The molecule has 0 N–H and O–H groups in total. The smallest absolute Gasteiger partial charge is 0.273 e. The predicted octanol–water partition coefficient (Wildman–Crippen LogP) is 1.60. The quantitative estimate of drug-likeness (QED) is 0.523. The molecular weight excluding hydrogens is 198 g/mol. The van der Waals surface area contributed by atoms with Crippen molar-refractivity contribution in [1.29, 1.82) is 0 Å².